The van der Waals surface area contributed by atoms with Gasteiger partial charge in [0, 0.05) is 12.1 Å². The fourth-order valence-corrected chi connectivity index (χ4v) is 3.64. The van der Waals surface area contributed by atoms with E-state index in [-0.39, 0.29) is 5.57 Å². The van der Waals surface area contributed by atoms with E-state index in [0.717, 1.165) is 9.99 Å². The first-order valence-corrected chi connectivity index (χ1v) is 10.7. The van der Waals surface area contributed by atoms with E-state index in [9.17, 15) is 10.1 Å². The van der Waals surface area contributed by atoms with Crippen LogP contribution in [0.15, 0.2) is 29.8 Å². The van der Waals surface area contributed by atoms with Crippen molar-refractivity contribution in [1.29, 1.82) is 5.26 Å². The molecule has 2 aromatic carbocycles. The zero-order valence-corrected chi connectivity index (χ0v) is 20.5. The number of carbonyl (C=O) groups excluding carboxylic acids is 1. The highest BCUT2D eigenvalue weighted by Crippen LogP contribution is 2.37. The molecule has 2 rings (SSSR count). The molecule has 0 aromatic heterocycles. The Hall–Kier alpha value is -2.64. The number of carbonyl (C=O) groups is 1. The Kier molecular flexibility index (Phi) is 9.27. The van der Waals surface area contributed by atoms with Crippen molar-refractivity contribution >= 4 is 51.9 Å². The first kappa shape index (κ1) is 24.6. The molecule has 0 aliphatic carbocycles. The van der Waals surface area contributed by atoms with E-state index in [0.29, 0.717) is 45.9 Å². The van der Waals surface area contributed by atoms with Crippen molar-refractivity contribution in [3.8, 4) is 29.1 Å². The molecule has 0 unspecified atom stereocenters. The number of methoxy groups -OCH3 is 3. The van der Waals surface area contributed by atoms with Crippen LogP contribution in [0.4, 0.5) is 5.69 Å². The van der Waals surface area contributed by atoms with Gasteiger partial charge in [0.25, 0.3) is 5.91 Å². The van der Waals surface area contributed by atoms with Gasteiger partial charge in [-0.2, -0.15) is 5.26 Å². The molecule has 0 bridgehead atoms. The van der Waals surface area contributed by atoms with Crippen LogP contribution in [0.3, 0.4) is 0 Å². The number of hydrogen-bond acceptors (Lipinski definition) is 6. The standard InChI is InChI=1S/C22H22ClIN2O5/c1-5-6-31-21-16(24)8-13(9-20(21)30-4)7-14(12-25)22(27)26-17-11-18(28-2)15(23)10-19(17)29-3/h7-11H,5-6H2,1-4H3,(H,26,27)/b14-7+. The molecule has 0 aliphatic rings. The number of halogens is 2. The lowest BCUT2D eigenvalue weighted by Gasteiger charge is -2.14. The van der Waals surface area contributed by atoms with E-state index in [1.54, 1.807) is 6.07 Å². The van der Waals surface area contributed by atoms with E-state index < -0.39 is 5.91 Å². The molecule has 1 amide bonds. The van der Waals surface area contributed by atoms with Gasteiger partial charge in [-0.1, -0.05) is 18.5 Å². The number of anilines is 1. The second kappa shape index (κ2) is 11.7. The van der Waals surface area contributed by atoms with Gasteiger partial charge >= 0.3 is 0 Å². The Morgan fingerprint density at radius 2 is 1.81 bits per heavy atom. The van der Waals surface area contributed by atoms with Gasteiger partial charge in [-0.3, -0.25) is 4.79 Å². The van der Waals surface area contributed by atoms with E-state index >= 15 is 0 Å². The molecule has 0 heterocycles. The number of ether oxygens (including phenoxy) is 4. The summed E-state index contributed by atoms with van der Waals surface area (Å²) in [6, 6.07) is 8.50. The number of rotatable bonds is 9. The van der Waals surface area contributed by atoms with E-state index in [1.807, 2.05) is 19.1 Å². The van der Waals surface area contributed by atoms with E-state index in [2.05, 4.69) is 27.9 Å². The van der Waals surface area contributed by atoms with Gasteiger partial charge in [-0.15, -0.1) is 0 Å². The molecule has 7 nitrogen and oxygen atoms in total. The predicted octanol–water partition coefficient (Wildman–Crippen LogP) is 5.30. The molecule has 0 saturated heterocycles. The molecule has 9 heteroatoms. The SMILES string of the molecule is CCCOc1c(I)cc(/C=C(\C#N)C(=O)Nc2cc(OC)c(Cl)cc2OC)cc1OC. The zero-order valence-electron chi connectivity index (χ0n) is 17.5. The highest BCUT2D eigenvalue weighted by molar-refractivity contribution is 14.1. The largest absolute Gasteiger partial charge is 0.495 e. The lowest BCUT2D eigenvalue weighted by molar-refractivity contribution is -0.112. The quantitative estimate of drug-likeness (QED) is 0.256. The number of hydrogen-bond donors (Lipinski definition) is 1. The number of nitriles is 1. The molecule has 31 heavy (non-hydrogen) atoms. The molecule has 164 valence electrons. The number of nitrogens with one attached hydrogen (secondary N) is 1. The van der Waals surface area contributed by atoms with Gasteiger partial charge in [0.05, 0.1) is 42.2 Å². The van der Waals surface area contributed by atoms with Crippen molar-refractivity contribution in [3.05, 3.63) is 44.0 Å². The van der Waals surface area contributed by atoms with Crippen LogP contribution >= 0.6 is 34.2 Å². The molecule has 0 atom stereocenters. The van der Waals surface area contributed by atoms with Gasteiger partial charge in [-0.25, -0.2) is 0 Å². The third-order valence-electron chi connectivity index (χ3n) is 4.10. The fourth-order valence-electron chi connectivity index (χ4n) is 2.63. The van der Waals surface area contributed by atoms with Crippen LogP contribution in [0.1, 0.15) is 18.9 Å². The lowest BCUT2D eigenvalue weighted by Crippen LogP contribution is -2.14. The first-order chi connectivity index (χ1) is 14.9. The molecule has 0 fully saturated rings. The minimum atomic E-state index is -0.606. The molecular weight excluding hydrogens is 535 g/mol. The number of benzene rings is 2. The summed E-state index contributed by atoms with van der Waals surface area (Å²) in [7, 11) is 4.45. The summed E-state index contributed by atoms with van der Waals surface area (Å²) in [4.78, 5) is 12.8. The van der Waals surface area contributed by atoms with Crippen molar-refractivity contribution in [1.82, 2.24) is 0 Å². The van der Waals surface area contributed by atoms with Crippen molar-refractivity contribution < 1.29 is 23.7 Å². The fraction of sp³-hybridized carbons (Fsp3) is 0.273. The summed E-state index contributed by atoms with van der Waals surface area (Å²) in [6.45, 7) is 2.57. The van der Waals surface area contributed by atoms with Crippen LogP contribution in [-0.4, -0.2) is 33.8 Å². The average molecular weight is 557 g/mol. The van der Waals surface area contributed by atoms with Crippen LogP contribution in [0, 0.1) is 14.9 Å². The van der Waals surface area contributed by atoms with E-state index in [1.165, 1.54) is 39.5 Å². The summed E-state index contributed by atoms with van der Waals surface area (Å²) in [5.41, 5.74) is 0.846. The van der Waals surface area contributed by atoms with Crippen LogP contribution in [-0.2, 0) is 4.79 Å². The summed E-state index contributed by atoms with van der Waals surface area (Å²) < 4.78 is 22.4. The highest BCUT2D eigenvalue weighted by Gasteiger charge is 2.17. The maximum atomic E-state index is 12.8. The maximum absolute atomic E-state index is 12.8. The van der Waals surface area contributed by atoms with E-state index in [4.69, 9.17) is 30.5 Å². The minimum absolute atomic E-state index is 0.101. The molecule has 0 aliphatic heterocycles. The Bertz CT molecular complexity index is 1030. The molecule has 0 saturated carbocycles. The minimum Gasteiger partial charge on any atom is -0.495 e. The highest BCUT2D eigenvalue weighted by atomic mass is 127. The van der Waals surface area contributed by atoms with Crippen LogP contribution in [0.2, 0.25) is 5.02 Å². The molecule has 2 aromatic rings. The van der Waals surface area contributed by atoms with Crippen LogP contribution in [0.25, 0.3) is 6.08 Å². The van der Waals surface area contributed by atoms with Crippen LogP contribution < -0.4 is 24.3 Å². The molecule has 0 spiro atoms. The normalized spacial score (nSPS) is 10.8. The third kappa shape index (κ3) is 6.18. The van der Waals surface area contributed by atoms with Gasteiger partial charge in [0.2, 0.25) is 0 Å². The first-order valence-electron chi connectivity index (χ1n) is 9.23. The zero-order chi connectivity index (χ0) is 23.0. The molecule has 0 radical (unpaired) electrons. The second-order valence-corrected chi connectivity index (χ2v) is 7.76. The topological polar surface area (TPSA) is 89.8 Å². The summed E-state index contributed by atoms with van der Waals surface area (Å²) in [5, 5.41) is 12.6. The Morgan fingerprint density at radius 1 is 1.13 bits per heavy atom. The van der Waals surface area contributed by atoms with Crippen LogP contribution in [0.5, 0.6) is 23.0 Å². The monoisotopic (exact) mass is 556 g/mol. The summed E-state index contributed by atoms with van der Waals surface area (Å²) in [5.74, 6) is 1.24. The van der Waals surface area contributed by atoms with Crippen molar-refractivity contribution in [2.75, 3.05) is 33.3 Å². The molecule has 1 N–H and O–H groups in total. The van der Waals surface area contributed by atoms with Crippen molar-refractivity contribution in [2.45, 2.75) is 13.3 Å². The van der Waals surface area contributed by atoms with Gasteiger partial charge in [0.1, 0.15) is 23.1 Å². The number of nitrogens with zero attached hydrogens (tertiary/aromatic N) is 1. The summed E-state index contributed by atoms with van der Waals surface area (Å²) >= 11 is 8.23. The Balaban J connectivity index is 2.37. The Morgan fingerprint density at radius 3 is 2.39 bits per heavy atom. The average Bonchev–Trinajstić information content (AvgIpc) is 2.76. The Labute approximate surface area is 200 Å². The third-order valence-corrected chi connectivity index (χ3v) is 5.20. The maximum Gasteiger partial charge on any atom is 0.266 e. The number of amides is 1. The van der Waals surface area contributed by atoms with Crippen molar-refractivity contribution in [3.63, 3.8) is 0 Å². The van der Waals surface area contributed by atoms with Crippen molar-refractivity contribution in [2.24, 2.45) is 0 Å². The smallest absolute Gasteiger partial charge is 0.266 e. The van der Waals surface area contributed by atoms with Gasteiger partial charge in [-0.05, 0) is 52.8 Å². The second-order valence-electron chi connectivity index (χ2n) is 6.19. The lowest BCUT2D eigenvalue weighted by atomic mass is 10.1. The summed E-state index contributed by atoms with van der Waals surface area (Å²) in [6.07, 6.45) is 2.34. The molecular formula is C22H22ClIN2O5. The van der Waals surface area contributed by atoms with Gasteiger partial charge < -0.3 is 24.3 Å². The predicted molar refractivity (Wildman–Crippen MR) is 128 cm³/mol. The van der Waals surface area contributed by atoms with Gasteiger partial charge in [0.15, 0.2) is 11.5 Å².